The Morgan fingerprint density at radius 3 is 2.11 bits per heavy atom. The molecule has 158 valence electrons. The molecule has 1 saturated carbocycles. The van der Waals surface area contributed by atoms with Gasteiger partial charge < -0.3 is 4.90 Å². The van der Waals surface area contributed by atoms with Gasteiger partial charge >= 0.3 is 0 Å². The number of hydrogen-bond donors (Lipinski definition) is 0. The molecular weight excluding hydrogens is 342 g/mol. The number of carbonyl (C=O) groups excluding carboxylic acids is 1. The van der Waals surface area contributed by atoms with Gasteiger partial charge in [0.1, 0.15) is 0 Å². The zero-order chi connectivity index (χ0) is 20.2. The second-order valence-corrected chi connectivity index (χ2v) is 9.23. The molecule has 0 atom stereocenters. The van der Waals surface area contributed by atoms with Gasteiger partial charge in [0.15, 0.2) is 5.78 Å². The van der Waals surface area contributed by atoms with Crippen LogP contribution in [0.15, 0.2) is 24.3 Å². The second kappa shape index (κ2) is 13.1. The Morgan fingerprint density at radius 1 is 0.893 bits per heavy atom. The SMILES string of the molecule is CCCCCCCCCC1CCC(c2ccc(C(=O)CCN(C)C)cc2)CC1. The molecule has 2 heteroatoms. The van der Waals surface area contributed by atoms with Crippen LogP contribution in [0, 0.1) is 5.92 Å². The van der Waals surface area contributed by atoms with E-state index >= 15 is 0 Å². The van der Waals surface area contributed by atoms with Crippen LogP contribution in [-0.2, 0) is 0 Å². The number of carbonyl (C=O) groups is 1. The molecule has 0 aromatic heterocycles. The molecular formula is C26H43NO. The van der Waals surface area contributed by atoms with Crippen LogP contribution in [-0.4, -0.2) is 31.3 Å². The molecule has 0 N–H and O–H groups in total. The van der Waals surface area contributed by atoms with E-state index in [1.54, 1.807) is 0 Å². The van der Waals surface area contributed by atoms with Gasteiger partial charge in [-0.1, -0.05) is 82.6 Å². The molecule has 0 aliphatic heterocycles. The standard InChI is InChI=1S/C26H43NO/c1-4-5-6-7-8-9-10-11-22-12-14-23(15-13-22)24-16-18-25(19-17-24)26(28)20-21-27(2)3/h16-19,22-23H,4-15,20-21H2,1-3H3. The third kappa shape index (κ3) is 8.47. The second-order valence-electron chi connectivity index (χ2n) is 9.23. The first-order valence-electron chi connectivity index (χ1n) is 11.9. The Balaban J connectivity index is 1.65. The van der Waals surface area contributed by atoms with Crippen molar-refractivity contribution in [2.24, 2.45) is 5.92 Å². The van der Waals surface area contributed by atoms with E-state index in [1.807, 2.05) is 14.1 Å². The maximum Gasteiger partial charge on any atom is 0.164 e. The van der Waals surface area contributed by atoms with Gasteiger partial charge in [0, 0.05) is 18.5 Å². The van der Waals surface area contributed by atoms with E-state index in [-0.39, 0.29) is 5.78 Å². The maximum atomic E-state index is 12.3. The highest BCUT2D eigenvalue weighted by Crippen LogP contribution is 2.37. The highest BCUT2D eigenvalue weighted by atomic mass is 16.1. The van der Waals surface area contributed by atoms with Crippen molar-refractivity contribution in [2.75, 3.05) is 20.6 Å². The summed E-state index contributed by atoms with van der Waals surface area (Å²) in [6.45, 7) is 3.11. The molecule has 1 aromatic carbocycles. The number of unbranched alkanes of at least 4 members (excludes halogenated alkanes) is 6. The van der Waals surface area contributed by atoms with E-state index < -0.39 is 0 Å². The Hall–Kier alpha value is -1.15. The molecule has 0 bridgehead atoms. The van der Waals surface area contributed by atoms with Crippen LogP contribution in [0.3, 0.4) is 0 Å². The van der Waals surface area contributed by atoms with Gasteiger partial charge in [-0.2, -0.15) is 0 Å². The summed E-state index contributed by atoms with van der Waals surface area (Å²) in [7, 11) is 4.03. The van der Waals surface area contributed by atoms with Gasteiger partial charge in [0.05, 0.1) is 0 Å². The lowest BCUT2D eigenvalue weighted by molar-refractivity contribution is 0.0972. The fourth-order valence-electron chi connectivity index (χ4n) is 4.59. The molecule has 2 nitrogen and oxygen atoms in total. The van der Waals surface area contributed by atoms with Crippen molar-refractivity contribution in [3.63, 3.8) is 0 Å². The Morgan fingerprint density at radius 2 is 1.50 bits per heavy atom. The molecule has 28 heavy (non-hydrogen) atoms. The zero-order valence-electron chi connectivity index (χ0n) is 18.7. The summed E-state index contributed by atoms with van der Waals surface area (Å²) in [5.41, 5.74) is 2.32. The minimum absolute atomic E-state index is 0.263. The fraction of sp³-hybridized carbons (Fsp3) is 0.731. The highest BCUT2D eigenvalue weighted by molar-refractivity contribution is 5.96. The molecule has 1 fully saturated rings. The molecule has 0 heterocycles. The maximum absolute atomic E-state index is 12.3. The minimum atomic E-state index is 0.263. The Kier molecular flexibility index (Phi) is 10.9. The summed E-state index contributed by atoms with van der Waals surface area (Å²) in [5.74, 6) is 1.92. The van der Waals surface area contributed by atoms with E-state index in [0.29, 0.717) is 12.3 Å². The van der Waals surface area contributed by atoms with Gasteiger partial charge in [0.25, 0.3) is 0 Å². The first-order chi connectivity index (χ1) is 13.6. The number of rotatable bonds is 13. The summed E-state index contributed by atoms with van der Waals surface area (Å²) < 4.78 is 0. The third-order valence-electron chi connectivity index (χ3n) is 6.55. The number of hydrogen-bond acceptors (Lipinski definition) is 2. The summed E-state index contributed by atoms with van der Waals surface area (Å²) >= 11 is 0. The first kappa shape index (κ1) is 23.1. The molecule has 1 aliphatic rings. The fourth-order valence-corrected chi connectivity index (χ4v) is 4.59. The van der Waals surface area contributed by atoms with Gasteiger partial charge in [-0.05, 0) is 57.2 Å². The molecule has 0 amide bonds. The van der Waals surface area contributed by atoms with Crippen molar-refractivity contribution in [1.82, 2.24) is 4.90 Å². The first-order valence-corrected chi connectivity index (χ1v) is 11.9. The van der Waals surface area contributed by atoms with Crippen molar-refractivity contribution in [3.8, 4) is 0 Å². The van der Waals surface area contributed by atoms with E-state index in [4.69, 9.17) is 0 Å². The minimum Gasteiger partial charge on any atom is -0.309 e. The van der Waals surface area contributed by atoms with Gasteiger partial charge in [0.2, 0.25) is 0 Å². The van der Waals surface area contributed by atoms with Crippen molar-refractivity contribution in [3.05, 3.63) is 35.4 Å². The average molecular weight is 386 g/mol. The monoisotopic (exact) mass is 385 g/mol. The van der Waals surface area contributed by atoms with E-state index in [2.05, 4.69) is 36.1 Å². The van der Waals surface area contributed by atoms with Crippen LogP contribution >= 0.6 is 0 Å². The largest absolute Gasteiger partial charge is 0.309 e. The number of Topliss-reactive ketones (excluding diaryl/α,β-unsaturated/α-hetero) is 1. The molecule has 1 aliphatic carbocycles. The predicted molar refractivity (Wildman–Crippen MR) is 121 cm³/mol. The lowest BCUT2D eigenvalue weighted by atomic mass is 9.77. The van der Waals surface area contributed by atoms with Crippen LogP contribution in [0.1, 0.15) is 112 Å². The summed E-state index contributed by atoms with van der Waals surface area (Å²) in [6, 6.07) is 8.53. The predicted octanol–water partition coefficient (Wildman–Crippen LogP) is 7.24. The highest BCUT2D eigenvalue weighted by Gasteiger charge is 2.22. The molecule has 0 saturated heterocycles. The zero-order valence-corrected chi connectivity index (χ0v) is 18.7. The van der Waals surface area contributed by atoms with Gasteiger partial charge in [-0.25, -0.2) is 0 Å². The Labute approximate surface area is 174 Å². The average Bonchev–Trinajstić information content (AvgIpc) is 2.72. The van der Waals surface area contributed by atoms with Crippen LogP contribution < -0.4 is 0 Å². The van der Waals surface area contributed by atoms with Crippen molar-refractivity contribution in [1.29, 1.82) is 0 Å². The lowest BCUT2D eigenvalue weighted by Gasteiger charge is -2.29. The van der Waals surface area contributed by atoms with E-state index in [0.717, 1.165) is 18.0 Å². The van der Waals surface area contributed by atoms with E-state index in [1.165, 1.54) is 82.6 Å². The van der Waals surface area contributed by atoms with Crippen LogP contribution in [0.5, 0.6) is 0 Å². The topological polar surface area (TPSA) is 20.3 Å². The number of nitrogens with zero attached hydrogens (tertiary/aromatic N) is 1. The van der Waals surface area contributed by atoms with Crippen LogP contribution in [0.25, 0.3) is 0 Å². The molecule has 2 rings (SSSR count). The van der Waals surface area contributed by atoms with Crippen LogP contribution in [0.2, 0.25) is 0 Å². The van der Waals surface area contributed by atoms with E-state index in [9.17, 15) is 4.79 Å². The number of ketones is 1. The van der Waals surface area contributed by atoms with Gasteiger partial charge in [-0.3, -0.25) is 4.79 Å². The smallest absolute Gasteiger partial charge is 0.164 e. The molecule has 0 spiro atoms. The van der Waals surface area contributed by atoms with Crippen molar-refractivity contribution >= 4 is 5.78 Å². The summed E-state index contributed by atoms with van der Waals surface area (Å²) in [4.78, 5) is 14.3. The summed E-state index contributed by atoms with van der Waals surface area (Å²) in [6.07, 6.45) is 17.4. The normalized spacial score (nSPS) is 19.9. The molecule has 0 radical (unpaired) electrons. The molecule has 0 unspecified atom stereocenters. The van der Waals surface area contributed by atoms with Crippen LogP contribution in [0.4, 0.5) is 0 Å². The van der Waals surface area contributed by atoms with Crippen molar-refractivity contribution < 1.29 is 4.79 Å². The number of benzene rings is 1. The summed E-state index contributed by atoms with van der Waals surface area (Å²) in [5, 5.41) is 0. The Bertz CT molecular complexity index is 540. The quantitative estimate of drug-likeness (QED) is 0.263. The molecule has 1 aromatic rings. The van der Waals surface area contributed by atoms with Crippen molar-refractivity contribution in [2.45, 2.75) is 96.3 Å². The third-order valence-corrected chi connectivity index (χ3v) is 6.55. The lowest BCUT2D eigenvalue weighted by Crippen LogP contribution is -2.17. The van der Waals surface area contributed by atoms with Gasteiger partial charge in [-0.15, -0.1) is 0 Å².